The van der Waals surface area contributed by atoms with Crippen molar-refractivity contribution in [3.05, 3.63) is 34.3 Å². The van der Waals surface area contributed by atoms with Crippen LogP contribution in [-0.2, 0) is 21.3 Å². The van der Waals surface area contributed by atoms with Gasteiger partial charge in [0.15, 0.2) is 0 Å². The van der Waals surface area contributed by atoms with Crippen molar-refractivity contribution < 1.29 is 13.2 Å². The van der Waals surface area contributed by atoms with Gasteiger partial charge in [0.2, 0.25) is 10.0 Å². The van der Waals surface area contributed by atoms with Crippen LogP contribution in [-0.4, -0.2) is 27.4 Å². The lowest BCUT2D eigenvalue weighted by atomic mass is 10.2. The standard InChI is InChI=1S/C11H16BrNO3S/c1-2-16-7-8-17(14,15)13-9-10-3-5-11(12)6-4-10/h3-6,13H,2,7-9H2,1H3. The Balaban J connectivity index is 2.41. The molecule has 1 N–H and O–H groups in total. The van der Waals surface area contributed by atoms with Gasteiger partial charge in [0.25, 0.3) is 0 Å². The lowest BCUT2D eigenvalue weighted by Crippen LogP contribution is -2.28. The molecule has 0 fully saturated rings. The second kappa shape index (κ2) is 7.10. The average Bonchev–Trinajstić information content (AvgIpc) is 2.29. The summed E-state index contributed by atoms with van der Waals surface area (Å²) in [5.74, 6) is -0.00261. The summed E-state index contributed by atoms with van der Waals surface area (Å²) in [5.41, 5.74) is 0.924. The second-order valence-electron chi connectivity index (χ2n) is 3.46. The summed E-state index contributed by atoms with van der Waals surface area (Å²) in [6.45, 7) is 2.90. The molecule has 17 heavy (non-hydrogen) atoms. The maximum atomic E-state index is 11.5. The number of benzene rings is 1. The van der Waals surface area contributed by atoms with Crippen LogP contribution in [0.3, 0.4) is 0 Å². The molecule has 0 aromatic heterocycles. The molecule has 0 saturated carbocycles. The van der Waals surface area contributed by atoms with Gasteiger partial charge in [-0.2, -0.15) is 0 Å². The number of hydrogen-bond acceptors (Lipinski definition) is 3. The van der Waals surface area contributed by atoms with Crippen molar-refractivity contribution in [2.24, 2.45) is 0 Å². The molecule has 0 radical (unpaired) electrons. The summed E-state index contributed by atoms with van der Waals surface area (Å²) < 4.78 is 31.6. The zero-order chi connectivity index (χ0) is 12.7. The highest BCUT2D eigenvalue weighted by Gasteiger charge is 2.09. The maximum Gasteiger partial charge on any atom is 0.214 e. The van der Waals surface area contributed by atoms with Gasteiger partial charge in [-0.3, -0.25) is 0 Å². The molecule has 0 saturated heterocycles. The van der Waals surface area contributed by atoms with Gasteiger partial charge >= 0.3 is 0 Å². The third-order valence-corrected chi connectivity index (χ3v) is 3.93. The molecular formula is C11H16BrNO3S. The Morgan fingerprint density at radius 3 is 2.53 bits per heavy atom. The third kappa shape index (κ3) is 6.16. The summed E-state index contributed by atoms with van der Waals surface area (Å²) in [6, 6.07) is 7.50. The second-order valence-corrected chi connectivity index (χ2v) is 6.31. The van der Waals surface area contributed by atoms with Crippen molar-refractivity contribution in [3.63, 3.8) is 0 Å². The fourth-order valence-electron chi connectivity index (χ4n) is 1.18. The van der Waals surface area contributed by atoms with Gasteiger partial charge in [0.1, 0.15) is 0 Å². The molecule has 0 aliphatic carbocycles. The quantitative estimate of drug-likeness (QED) is 0.780. The Labute approximate surface area is 111 Å². The average molecular weight is 322 g/mol. The number of sulfonamides is 1. The van der Waals surface area contributed by atoms with E-state index in [1.54, 1.807) is 0 Å². The van der Waals surface area contributed by atoms with Crippen LogP contribution in [0.25, 0.3) is 0 Å². The number of ether oxygens (including phenoxy) is 1. The number of nitrogens with one attached hydrogen (secondary N) is 1. The van der Waals surface area contributed by atoms with Crippen LogP contribution in [0.4, 0.5) is 0 Å². The van der Waals surface area contributed by atoms with Crippen molar-refractivity contribution in [2.45, 2.75) is 13.5 Å². The zero-order valence-corrected chi connectivity index (χ0v) is 12.1. The molecule has 0 unspecified atom stereocenters. The first-order chi connectivity index (χ1) is 8.03. The minimum absolute atomic E-state index is 0.00261. The van der Waals surface area contributed by atoms with Crippen molar-refractivity contribution in [1.29, 1.82) is 0 Å². The monoisotopic (exact) mass is 321 g/mol. The van der Waals surface area contributed by atoms with Crippen molar-refractivity contribution >= 4 is 26.0 Å². The largest absolute Gasteiger partial charge is 0.381 e. The fraction of sp³-hybridized carbons (Fsp3) is 0.455. The normalized spacial score (nSPS) is 11.6. The van der Waals surface area contributed by atoms with Crippen LogP contribution in [0.15, 0.2) is 28.7 Å². The van der Waals surface area contributed by atoms with E-state index >= 15 is 0 Å². The Bertz CT molecular complexity index is 431. The number of rotatable bonds is 7. The molecular weight excluding hydrogens is 306 g/mol. The van der Waals surface area contributed by atoms with Gasteiger partial charge in [-0.05, 0) is 24.6 Å². The van der Waals surface area contributed by atoms with Gasteiger partial charge in [0, 0.05) is 17.6 Å². The highest BCUT2D eigenvalue weighted by Crippen LogP contribution is 2.10. The molecule has 6 heteroatoms. The molecule has 0 spiro atoms. The third-order valence-electron chi connectivity index (χ3n) is 2.11. The van der Waals surface area contributed by atoms with E-state index in [-0.39, 0.29) is 12.4 Å². The molecule has 4 nitrogen and oxygen atoms in total. The lowest BCUT2D eigenvalue weighted by Gasteiger charge is -2.06. The van der Waals surface area contributed by atoms with Crippen molar-refractivity contribution in [1.82, 2.24) is 4.72 Å². The van der Waals surface area contributed by atoms with Crippen molar-refractivity contribution in [2.75, 3.05) is 19.0 Å². The molecule has 0 atom stereocenters. The summed E-state index contributed by atoms with van der Waals surface area (Å²) in [5, 5.41) is 0. The number of hydrogen-bond donors (Lipinski definition) is 1. The zero-order valence-electron chi connectivity index (χ0n) is 9.65. The fourth-order valence-corrected chi connectivity index (χ4v) is 2.31. The first-order valence-corrected chi connectivity index (χ1v) is 7.77. The van der Waals surface area contributed by atoms with Gasteiger partial charge in [0.05, 0.1) is 12.4 Å². The molecule has 0 aliphatic heterocycles. The van der Waals surface area contributed by atoms with E-state index in [1.165, 1.54) is 0 Å². The lowest BCUT2D eigenvalue weighted by molar-refractivity contribution is 0.163. The molecule has 96 valence electrons. The maximum absolute atomic E-state index is 11.5. The molecule has 0 amide bonds. The Morgan fingerprint density at radius 1 is 1.29 bits per heavy atom. The first-order valence-electron chi connectivity index (χ1n) is 5.33. The van der Waals surface area contributed by atoms with Crippen LogP contribution in [0, 0.1) is 0 Å². The molecule has 1 rings (SSSR count). The molecule has 1 aromatic carbocycles. The minimum atomic E-state index is -3.25. The van der Waals surface area contributed by atoms with E-state index in [2.05, 4.69) is 20.7 Å². The summed E-state index contributed by atoms with van der Waals surface area (Å²) >= 11 is 3.32. The summed E-state index contributed by atoms with van der Waals surface area (Å²) in [4.78, 5) is 0. The first kappa shape index (κ1) is 14.6. The SMILES string of the molecule is CCOCCS(=O)(=O)NCc1ccc(Br)cc1. The van der Waals surface area contributed by atoms with E-state index in [9.17, 15) is 8.42 Å². The summed E-state index contributed by atoms with van der Waals surface area (Å²) in [6.07, 6.45) is 0. The van der Waals surface area contributed by atoms with E-state index in [1.807, 2.05) is 31.2 Å². The topological polar surface area (TPSA) is 55.4 Å². The summed E-state index contributed by atoms with van der Waals surface area (Å²) in [7, 11) is -3.25. The van der Waals surface area contributed by atoms with E-state index < -0.39 is 10.0 Å². The van der Waals surface area contributed by atoms with E-state index in [4.69, 9.17) is 4.74 Å². The van der Waals surface area contributed by atoms with Gasteiger partial charge < -0.3 is 4.74 Å². The minimum Gasteiger partial charge on any atom is -0.381 e. The smallest absolute Gasteiger partial charge is 0.214 e. The molecule has 0 aliphatic rings. The highest BCUT2D eigenvalue weighted by molar-refractivity contribution is 9.10. The molecule has 0 bridgehead atoms. The van der Waals surface area contributed by atoms with Crippen LogP contribution in [0.2, 0.25) is 0 Å². The Hall–Kier alpha value is -0.430. The van der Waals surface area contributed by atoms with Gasteiger partial charge in [-0.1, -0.05) is 28.1 Å². The van der Waals surface area contributed by atoms with E-state index in [0.29, 0.717) is 13.2 Å². The Morgan fingerprint density at radius 2 is 1.94 bits per heavy atom. The van der Waals surface area contributed by atoms with Crippen molar-refractivity contribution in [3.8, 4) is 0 Å². The predicted molar refractivity (Wildman–Crippen MR) is 71.3 cm³/mol. The molecule has 1 aromatic rings. The van der Waals surface area contributed by atoms with E-state index in [0.717, 1.165) is 10.0 Å². The Kier molecular flexibility index (Phi) is 6.11. The molecule has 0 heterocycles. The highest BCUT2D eigenvalue weighted by atomic mass is 79.9. The van der Waals surface area contributed by atoms with Crippen LogP contribution in [0.5, 0.6) is 0 Å². The predicted octanol–water partition coefficient (Wildman–Crippen LogP) is 1.90. The van der Waals surface area contributed by atoms with Crippen LogP contribution >= 0.6 is 15.9 Å². The van der Waals surface area contributed by atoms with Crippen LogP contribution < -0.4 is 4.72 Å². The number of halogens is 1. The van der Waals surface area contributed by atoms with Gasteiger partial charge in [-0.15, -0.1) is 0 Å². The van der Waals surface area contributed by atoms with Crippen LogP contribution in [0.1, 0.15) is 12.5 Å². The van der Waals surface area contributed by atoms with Gasteiger partial charge in [-0.25, -0.2) is 13.1 Å².